The van der Waals surface area contributed by atoms with E-state index in [4.69, 9.17) is 39.5 Å². The van der Waals surface area contributed by atoms with E-state index in [2.05, 4.69) is 17.3 Å². The molecule has 1 N–H and O–H groups in total. The largest absolute Gasteiger partial charge is 0.452 e. The fourth-order valence-corrected chi connectivity index (χ4v) is 3.72. The van der Waals surface area contributed by atoms with E-state index >= 15 is 0 Å². The number of halogens is 3. The number of amides is 1. The zero-order valence-electron chi connectivity index (χ0n) is 15.9. The maximum atomic E-state index is 12.2. The molecule has 1 heterocycles. The van der Waals surface area contributed by atoms with Gasteiger partial charge in [0.05, 0.1) is 5.69 Å². The molecule has 28 heavy (non-hydrogen) atoms. The van der Waals surface area contributed by atoms with E-state index in [1.165, 1.54) is 4.68 Å². The minimum Gasteiger partial charge on any atom is -0.452 e. The number of aromatic nitrogens is 2. The Kier molecular flexibility index (Phi) is 8.16. The summed E-state index contributed by atoms with van der Waals surface area (Å²) in [5, 5.41) is 8.13. The van der Waals surface area contributed by atoms with Crippen LogP contribution in [-0.2, 0) is 16.6 Å². The highest BCUT2D eigenvalue weighted by Gasteiger charge is 2.21. The molecule has 1 atom stereocenters. The van der Waals surface area contributed by atoms with Crippen LogP contribution < -0.4 is 5.32 Å². The first kappa shape index (κ1) is 22.5. The van der Waals surface area contributed by atoms with Crippen LogP contribution in [0.1, 0.15) is 47.3 Å². The maximum Gasteiger partial charge on any atom is 0.343 e. The molecule has 1 unspecified atom stereocenters. The first-order valence-corrected chi connectivity index (χ1v) is 9.95. The van der Waals surface area contributed by atoms with Gasteiger partial charge < -0.3 is 10.1 Å². The molecule has 1 aromatic carbocycles. The third-order valence-electron chi connectivity index (χ3n) is 4.28. The minimum atomic E-state index is -0.684. The maximum absolute atomic E-state index is 12.2. The Morgan fingerprint density at radius 1 is 1.29 bits per heavy atom. The van der Waals surface area contributed by atoms with Gasteiger partial charge in [0, 0.05) is 29.6 Å². The van der Waals surface area contributed by atoms with E-state index in [9.17, 15) is 9.59 Å². The quantitative estimate of drug-likeness (QED) is 0.604. The lowest BCUT2D eigenvalue weighted by atomic mass is 9.94. The van der Waals surface area contributed by atoms with Crippen LogP contribution in [0.15, 0.2) is 18.2 Å². The Labute approximate surface area is 179 Å². The number of nitrogens with one attached hydrogen (secondary N) is 1. The van der Waals surface area contributed by atoms with Crippen molar-refractivity contribution in [2.45, 2.75) is 32.6 Å². The molecule has 9 heteroatoms. The molecule has 0 aliphatic heterocycles. The fraction of sp³-hybridized carbons (Fsp3) is 0.421. The molecule has 0 saturated heterocycles. The highest BCUT2D eigenvalue weighted by molar-refractivity contribution is 6.35. The van der Waals surface area contributed by atoms with Gasteiger partial charge in [0.1, 0.15) is 10.7 Å². The summed E-state index contributed by atoms with van der Waals surface area (Å²) in [6.45, 7) is 3.67. The topological polar surface area (TPSA) is 73.2 Å². The second-order valence-electron chi connectivity index (χ2n) is 6.41. The molecule has 2 aromatic rings. The van der Waals surface area contributed by atoms with Gasteiger partial charge in [0.2, 0.25) is 0 Å². The molecule has 1 amide bonds. The highest BCUT2D eigenvalue weighted by atomic mass is 35.5. The molecule has 2 rings (SSSR count). The summed E-state index contributed by atoms with van der Waals surface area (Å²) in [6, 6.07) is 5.32. The Hall–Kier alpha value is -1.76. The summed E-state index contributed by atoms with van der Waals surface area (Å²) >= 11 is 18.3. The third kappa shape index (κ3) is 5.63. The molecule has 1 aromatic heterocycles. The van der Waals surface area contributed by atoms with Crippen LogP contribution in [0.25, 0.3) is 0 Å². The van der Waals surface area contributed by atoms with Gasteiger partial charge in [-0.05, 0) is 31.0 Å². The van der Waals surface area contributed by atoms with Gasteiger partial charge >= 0.3 is 5.97 Å². The Morgan fingerprint density at radius 3 is 2.57 bits per heavy atom. The number of rotatable bonds is 8. The second-order valence-corrected chi connectivity index (χ2v) is 7.61. The summed E-state index contributed by atoms with van der Waals surface area (Å²) in [5.41, 5.74) is 1.52. The van der Waals surface area contributed by atoms with E-state index in [1.807, 2.05) is 6.07 Å². The lowest BCUT2D eigenvalue weighted by Gasteiger charge is -2.19. The van der Waals surface area contributed by atoms with Crippen LogP contribution >= 0.6 is 34.8 Å². The minimum absolute atomic E-state index is 0.0319. The van der Waals surface area contributed by atoms with Crippen molar-refractivity contribution in [2.24, 2.45) is 7.05 Å². The molecular formula is C19H22Cl3N3O3. The van der Waals surface area contributed by atoms with Crippen molar-refractivity contribution in [2.75, 3.05) is 13.2 Å². The van der Waals surface area contributed by atoms with Gasteiger partial charge in [-0.3, -0.25) is 9.48 Å². The van der Waals surface area contributed by atoms with E-state index in [1.54, 1.807) is 26.1 Å². The number of ether oxygens (including phenoxy) is 1. The van der Waals surface area contributed by atoms with Crippen molar-refractivity contribution in [3.63, 3.8) is 0 Å². The van der Waals surface area contributed by atoms with Crippen LogP contribution in [-0.4, -0.2) is 34.8 Å². The van der Waals surface area contributed by atoms with Gasteiger partial charge in [-0.15, -0.1) is 0 Å². The molecule has 6 nitrogen and oxygen atoms in total. The predicted molar refractivity (Wildman–Crippen MR) is 110 cm³/mol. The zero-order chi connectivity index (χ0) is 20.8. The normalized spacial score (nSPS) is 11.9. The third-order valence-corrected chi connectivity index (χ3v) is 5.27. The van der Waals surface area contributed by atoms with Crippen molar-refractivity contribution >= 4 is 46.7 Å². The Balaban J connectivity index is 1.93. The monoisotopic (exact) mass is 445 g/mol. The van der Waals surface area contributed by atoms with Crippen LogP contribution in [0.3, 0.4) is 0 Å². The van der Waals surface area contributed by atoms with Gasteiger partial charge in [-0.1, -0.05) is 54.2 Å². The molecule has 0 spiro atoms. The number of esters is 1. The first-order valence-electron chi connectivity index (χ1n) is 8.82. The van der Waals surface area contributed by atoms with Crippen LogP contribution in [0, 0.1) is 6.92 Å². The fourth-order valence-electron chi connectivity index (χ4n) is 2.90. The van der Waals surface area contributed by atoms with E-state index in [0.29, 0.717) is 22.3 Å². The second kappa shape index (κ2) is 10.1. The average Bonchev–Trinajstić information content (AvgIpc) is 2.89. The highest BCUT2D eigenvalue weighted by Crippen LogP contribution is 2.30. The zero-order valence-corrected chi connectivity index (χ0v) is 18.2. The van der Waals surface area contributed by atoms with Crippen molar-refractivity contribution in [1.29, 1.82) is 0 Å². The average molecular weight is 447 g/mol. The molecular weight excluding hydrogens is 425 g/mol. The lowest BCUT2D eigenvalue weighted by Crippen LogP contribution is -2.32. The Bertz CT molecular complexity index is 868. The summed E-state index contributed by atoms with van der Waals surface area (Å²) in [5.74, 6) is -1.06. The number of benzene rings is 1. The van der Waals surface area contributed by atoms with Crippen molar-refractivity contribution in [1.82, 2.24) is 15.1 Å². The summed E-state index contributed by atoms with van der Waals surface area (Å²) in [4.78, 5) is 24.3. The van der Waals surface area contributed by atoms with Gasteiger partial charge in [0.15, 0.2) is 6.61 Å². The van der Waals surface area contributed by atoms with Crippen molar-refractivity contribution < 1.29 is 14.3 Å². The number of carbonyl (C=O) groups excluding carboxylic acids is 2. The van der Waals surface area contributed by atoms with Crippen LogP contribution in [0.4, 0.5) is 0 Å². The molecule has 0 fully saturated rings. The Morgan fingerprint density at radius 2 is 2.00 bits per heavy atom. The smallest absolute Gasteiger partial charge is 0.343 e. The van der Waals surface area contributed by atoms with Crippen molar-refractivity contribution in [3.05, 3.63) is 50.2 Å². The van der Waals surface area contributed by atoms with Gasteiger partial charge in [0.25, 0.3) is 5.91 Å². The van der Waals surface area contributed by atoms with E-state index in [0.717, 1.165) is 18.4 Å². The number of hydrogen-bond donors (Lipinski definition) is 1. The lowest BCUT2D eigenvalue weighted by molar-refractivity contribution is -0.124. The molecule has 152 valence electrons. The number of nitrogens with zero attached hydrogens (tertiary/aromatic N) is 2. The summed E-state index contributed by atoms with van der Waals surface area (Å²) in [7, 11) is 1.62. The van der Waals surface area contributed by atoms with Gasteiger partial charge in [-0.2, -0.15) is 5.10 Å². The molecule has 0 radical (unpaired) electrons. The molecule has 0 aliphatic rings. The van der Waals surface area contributed by atoms with Gasteiger partial charge in [-0.25, -0.2) is 4.79 Å². The molecule has 0 saturated carbocycles. The molecule has 0 aliphatic carbocycles. The van der Waals surface area contributed by atoms with Crippen LogP contribution in [0.5, 0.6) is 0 Å². The molecule has 0 bridgehead atoms. The standard InChI is InChI=1S/C19H22Cl3N3O3/c1-4-5-12(14-7-6-13(20)8-15(14)21)9-23-16(26)10-28-19(27)17-11(2)24-25(3)18(17)22/h6-8,12H,4-5,9-10H2,1-3H3,(H,23,26). The summed E-state index contributed by atoms with van der Waals surface area (Å²) in [6.07, 6.45) is 1.76. The predicted octanol–water partition coefficient (Wildman–Crippen LogP) is 4.55. The van der Waals surface area contributed by atoms with E-state index < -0.39 is 18.5 Å². The van der Waals surface area contributed by atoms with Crippen molar-refractivity contribution in [3.8, 4) is 0 Å². The summed E-state index contributed by atoms with van der Waals surface area (Å²) < 4.78 is 6.44. The van der Waals surface area contributed by atoms with Crippen LogP contribution in [0.2, 0.25) is 15.2 Å². The van der Waals surface area contributed by atoms with E-state index in [-0.39, 0.29) is 16.6 Å². The SMILES string of the molecule is CCCC(CNC(=O)COC(=O)c1c(C)nn(C)c1Cl)c1ccc(Cl)cc1Cl. The number of hydrogen-bond acceptors (Lipinski definition) is 4. The number of aryl methyl sites for hydroxylation is 2. The number of carbonyl (C=O) groups is 2. The first-order chi connectivity index (χ1) is 13.2.